The van der Waals surface area contributed by atoms with Gasteiger partial charge < -0.3 is 14.4 Å². The number of benzene rings is 3. The Kier molecular flexibility index (Phi) is 9.24. The molecule has 0 radical (unpaired) electrons. The number of esters is 1. The van der Waals surface area contributed by atoms with Crippen LogP contribution in [0.2, 0.25) is 0 Å². The average molecular weight is 623 g/mol. The summed E-state index contributed by atoms with van der Waals surface area (Å²) in [6, 6.07) is 24.6. The van der Waals surface area contributed by atoms with Gasteiger partial charge in [-0.3, -0.25) is 18.7 Å². The quantitative estimate of drug-likeness (QED) is 0.210. The van der Waals surface area contributed by atoms with Gasteiger partial charge in [0.1, 0.15) is 18.4 Å². The molecule has 2 heterocycles. The third kappa shape index (κ3) is 7.12. The standard InChI is InChI=1S/C30H27N2O9PS/c1-20-18-31(30(36)32(27(20)33)28(34)21-11-5-2-6-12-21)26-17-24(41-29(35)22-13-7-3-8-14-22)25(40-26)19-39-42(37,38)43-23-15-9-4-10-16-23/h2-16,18,24-26H,17,19H2,1H3,(H,37,38)/t24-,25+,26+/m0/s1. The average Bonchev–Trinajstić information content (AvgIpc) is 3.41. The fraction of sp³-hybridized carbons (Fsp3) is 0.200. The normalized spacial score (nSPS) is 19.4. The zero-order chi connectivity index (χ0) is 30.6. The molecule has 1 aromatic heterocycles. The van der Waals surface area contributed by atoms with Gasteiger partial charge in [-0.15, -0.1) is 0 Å². The molecular formula is C30H27N2O9PS. The summed E-state index contributed by atoms with van der Waals surface area (Å²) in [5, 5.41) is 0. The van der Waals surface area contributed by atoms with Crippen LogP contribution in [-0.2, 0) is 18.6 Å². The molecule has 1 saturated heterocycles. The number of hydrogen-bond acceptors (Lipinski definition) is 9. The van der Waals surface area contributed by atoms with E-state index in [-0.39, 0.29) is 23.1 Å². The lowest BCUT2D eigenvalue weighted by molar-refractivity contribution is -0.0485. The molecule has 4 aromatic rings. The van der Waals surface area contributed by atoms with E-state index in [2.05, 4.69) is 0 Å². The van der Waals surface area contributed by atoms with Gasteiger partial charge in [0.05, 0.1) is 12.2 Å². The zero-order valence-electron chi connectivity index (χ0n) is 22.8. The number of carbonyl (C=O) groups excluding carboxylic acids is 2. The second kappa shape index (κ2) is 13.1. The molecule has 11 nitrogen and oxygen atoms in total. The fourth-order valence-electron chi connectivity index (χ4n) is 4.53. The van der Waals surface area contributed by atoms with Crippen molar-refractivity contribution in [3.63, 3.8) is 0 Å². The largest absolute Gasteiger partial charge is 0.456 e. The Morgan fingerprint density at radius 2 is 1.53 bits per heavy atom. The van der Waals surface area contributed by atoms with Gasteiger partial charge in [0.2, 0.25) is 0 Å². The number of carbonyl (C=O) groups is 2. The predicted molar refractivity (Wildman–Crippen MR) is 158 cm³/mol. The lowest BCUT2D eigenvalue weighted by atomic mass is 10.1. The van der Waals surface area contributed by atoms with Crippen LogP contribution < -0.4 is 11.2 Å². The molecule has 0 bridgehead atoms. The van der Waals surface area contributed by atoms with Gasteiger partial charge in [-0.05, 0) is 54.7 Å². The highest BCUT2D eigenvalue weighted by molar-refractivity contribution is 8.54. The van der Waals surface area contributed by atoms with Crippen molar-refractivity contribution < 1.29 is 33.0 Å². The van der Waals surface area contributed by atoms with Crippen LogP contribution in [0.5, 0.6) is 0 Å². The van der Waals surface area contributed by atoms with E-state index in [1.807, 2.05) is 0 Å². The Morgan fingerprint density at radius 1 is 0.953 bits per heavy atom. The van der Waals surface area contributed by atoms with Gasteiger partial charge in [-0.25, -0.2) is 14.2 Å². The molecule has 0 spiro atoms. The van der Waals surface area contributed by atoms with E-state index in [0.717, 1.165) is 4.57 Å². The fourth-order valence-corrected chi connectivity index (χ4v) is 6.96. The van der Waals surface area contributed by atoms with Crippen LogP contribution in [0.15, 0.2) is 112 Å². The van der Waals surface area contributed by atoms with Crippen molar-refractivity contribution in [2.45, 2.75) is 36.7 Å². The number of aromatic nitrogens is 2. The van der Waals surface area contributed by atoms with E-state index >= 15 is 0 Å². The second-order valence-electron chi connectivity index (χ2n) is 9.66. The predicted octanol–water partition coefficient (Wildman–Crippen LogP) is 4.43. The van der Waals surface area contributed by atoms with Crippen molar-refractivity contribution in [1.29, 1.82) is 0 Å². The second-order valence-corrected chi connectivity index (χ2v) is 13.4. The zero-order valence-corrected chi connectivity index (χ0v) is 24.6. The molecule has 1 unspecified atom stereocenters. The van der Waals surface area contributed by atoms with Crippen molar-refractivity contribution in [1.82, 2.24) is 9.13 Å². The molecule has 5 rings (SSSR count). The molecule has 1 N–H and O–H groups in total. The molecule has 1 aliphatic heterocycles. The third-order valence-corrected chi connectivity index (χ3v) is 9.46. The lowest BCUT2D eigenvalue weighted by Gasteiger charge is -2.20. The first kappa shape index (κ1) is 30.4. The summed E-state index contributed by atoms with van der Waals surface area (Å²) in [5.74, 6) is -1.48. The van der Waals surface area contributed by atoms with E-state index < -0.39 is 55.0 Å². The maximum Gasteiger partial charge on any atom is 0.391 e. The SMILES string of the molecule is Cc1cn([C@H]2C[C@H](OC(=O)c3ccccc3)[C@@H](COP(=O)(O)Sc3ccccc3)O2)c(=O)n(C(=O)c2ccccc2)c1=O. The Hall–Kier alpha value is -4.06. The maximum atomic E-state index is 13.5. The molecule has 1 fully saturated rings. The minimum atomic E-state index is -4.22. The third-order valence-electron chi connectivity index (χ3n) is 6.63. The molecule has 0 aliphatic carbocycles. The molecular weight excluding hydrogens is 595 g/mol. The summed E-state index contributed by atoms with van der Waals surface area (Å²) in [6.07, 6.45) is -1.95. The monoisotopic (exact) mass is 622 g/mol. The topological polar surface area (TPSA) is 143 Å². The van der Waals surface area contributed by atoms with Gasteiger partial charge in [0.15, 0.2) is 0 Å². The van der Waals surface area contributed by atoms with E-state index in [4.69, 9.17) is 14.0 Å². The highest BCUT2D eigenvalue weighted by Gasteiger charge is 2.41. The van der Waals surface area contributed by atoms with Crippen LogP contribution in [0, 0.1) is 6.92 Å². The number of hydrogen-bond donors (Lipinski definition) is 1. The summed E-state index contributed by atoms with van der Waals surface area (Å²) in [6.45, 7) is -3.21. The lowest BCUT2D eigenvalue weighted by Crippen LogP contribution is -2.45. The first-order valence-electron chi connectivity index (χ1n) is 13.2. The summed E-state index contributed by atoms with van der Waals surface area (Å²) in [4.78, 5) is 63.5. The number of nitrogens with zero attached hydrogens (tertiary/aromatic N) is 2. The van der Waals surface area contributed by atoms with Crippen molar-refractivity contribution >= 4 is 30.1 Å². The molecule has 4 atom stereocenters. The minimum absolute atomic E-state index is 0.0642. The first-order valence-corrected chi connectivity index (χ1v) is 16.2. The smallest absolute Gasteiger partial charge is 0.391 e. The molecule has 222 valence electrons. The number of aryl methyl sites for hydroxylation is 1. The van der Waals surface area contributed by atoms with E-state index in [9.17, 15) is 28.6 Å². The number of rotatable bonds is 9. The van der Waals surface area contributed by atoms with Crippen molar-refractivity contribution in [3.05, 3.63) is 135 Å². The van der Waals surface area contributed by atoms with Crippen LogP contribution in [0.1, 0.15) is 38.9 Å². The van der Waals surface area contributed by atoms with Crippen molar-refractivity contribution in [3.8, 4) is 0 Å². The van der Waals surface area contributed by atoms with Gasteiger partial charge in [0, 0.05) is 28.6 Å². The van der Waals surface area contributed by atoms with Crippen LogP contribution >= 0.6 is 18.2 Å². The summed E-state index contributed by atoms with van der Waals surface area (Å²) in [7, 11) is 0. The first-order chi connectivity index (χ1) is 20.6. The van der Waals surface area contributed by atoms with E-state index in [1.165, 1.54) is 25.3 Å². The summed E-state index contributed by atoms with van der Waals surface area (Å²) in [5.41, 5.74) is -1.21. The van der Waals surface area contributed by atoms with Gasteiger partial charge in [-0.2, -0.15) is 4.57 Å². The highest BCUT2D eigenvalue weighted by Crippen LogP contribution is 2.59. The highest BCUT2D eigenvalue weighted by atomic mass is 32.7. The summed E-state index contributed by atoms with van der Waals surface area (Å²) >= 11 is 0.642. The van der Waals surface area contributed by atoms with E-state index in [1.54, 1.807) is 78.9 Å². The molecule has 0 amide bonds. The van der Waals surface area contributed by atoms with Gasteiger partial charge in [0.25, 0.3) is 11.5 Å². The Balaban J connectivity index is 1.43. The van der Waals surface area contributed by atoms with Crippen LogP contribution in [0.4, 0.5) is 0 Å². The summed E-state index contributed by atoms with van der Waals surface area (Å²) < 4.78 is 31.6. The maximum absolute atomic E-state index is 13.5. The molecule has 3 aromatic carbocycles. The van der Waals surface area contributed by atoms with Crippen molar-refractivity contribution in [2.24, 2.45) is 0 Å². The Labute approximate surface area is 249 Å². The van der Waals surface area contributed by atoms with E-state index in [0.29, 0.717) is 20.8 Å². The molecule has 1 aliphatic rings. The molecule has 13 heteroatoms. The Bertz CT molecular complexity index is 1780. The molecule has 43 heavy (non-hydrogen) atoms. The number of ether oxygens (including phenoxy) is 2. The van der Waals surface area contributed by atoms with Gasteiger partial charge in [-0.1, -0.05) is 54.6 Å². The molecule has 0 saturated carbocycles. The van der Waals surface area contributed by atoms with Crippen LogP contribution in [0.3, 0.4) is 0 Å². The van der Waals surface area contributed by atoms with Gasteiger partial charge >= 0.3 is 18.5 Å². The Morgan fingerprint density at radius 3 is 2.16 bits per heavy atom. The van der Waals surface area contributed by atoms with Crippen LogP contribution in [0.25, 0.3) is 0 Å². The van der Waals surface area contributed by atoms with Crippen LogP contribution in [-0.4, -0.2) is 44.7 Å². The minimum Gasteiger partial charge on any atom is -0.456 e. The van der Waals surface area contributed by atoms with Crippen molar-refractivity contribution in [2.75, 3.05) is 6.61 Å².